The van der Waals surface area contributed by atoms with Crippen LogP contribution in [-0.4, -0.2) is 32.6 Å². The number of aromatic nitrogens is 2. The predicted molar refractivity (Wildman–Crippen MR) is 127 cm³/mol. The van der Waals surface area contributed by atoms with Crippen LogP contribution in [0.3, 0.4) is 0 Å². The average molecular weight is 481 g/mol. The van der Waals surface area contributed by atoms with Gasteiger partial charge in [0, 0.05) is 24.1 Å². The Morgan fingerprint density at radius 2 is 1.85 bits per heavy atom. The standard InChI is InChI=1S/C25H24N2O4S2/c1-15-6-7-17(20(10-15)24(29)16-4-2-3-5-16)11-19(28)12-22-27-14-23(33-22)32-21-9-8-18(13-26-21)25(30)31/h6-10,13-14,16H,2-5,11-12H2,1H3,(H,30,31). The highest BCUT2D eigenvalue weighted by Crippen LogP contribution is 2.32. The van der Waals surface area contributed by atoms with Crippen molar-refractivity contribution in [2.75, 3.05) is 0 Å². The predicted octanol–water partition coefficient (Wildman–Crippen LogP) is 5.42. The second-order valence-corrected chi connectivity index (χ2v) is 10.7. The van der Waals surface area contributed by atoms with Gasteiger partial charge in [-0.25, -0.2) is 14.8 Å². The third-order valence-corrected chi connectivity index (χ3v) is 7.76. The molecule has 0 saturated heterocycles. The third kappa shape index (κ3) is 5.94. The number of Topliss-reactive ketones (excluding diaryl/α,β-unsaturated/α-hetero) is 2. The van der Waals surface area contributed by atoms with Crippen LogP contribution in [0.5, 0.6) is 0 Å². The Morgan fingerprint density at radius 1 is 1.06 bits per heavy atom. The van der Waals surface area contributed by atoms with E-state index < -0.39 is 5.97 Å². The fraction of sp³-hybridized carbons (Fsp3) is 0.320. The van der Waals surface area contributed by atoms with Crippen LogP contribution in [0.4, 0.5) is 0 Å². The molecule has 3 aromatic rings. The summed E-state index contributed by atoms with van der Waals surface area (Å²) < 4.78 is 0.876. The van der Waals surface area contributed by atoms with Gasteiger partial charge in [0.25, 0.3) is 0 Å². The zero-order valence-electron chi connectivity index (χ0n) is 18.2. The molecule has 0 spiro atoms. The van der Waals surface area contributed by atoms with Crippen LogP contribution in [0.1, 0.15) is 62.5 Å². The maximum absolute atomic E-state index is 13.0. The lowest BCUT2D eigenvalue weighted by Crippen LogP contribution is -2.16. The summed E-state index contributed by atoms with van der Waals surface area (Å²) in [7, 11) is 0. The van der Waals surface area contributed by atoms with Crippen molar-refractivity contribution in [1.29, 1.82) is 0 Å². The summed E-state index contributed by atoms with van der Waals surface area (Å²) in [6.45, 7) is 1.97. The Bertz CT molecular complexity index is 1180. The van der Waals surface area contributed by atoms with E-state index in [-0.39, 0.29) is 35.9 Å². The van der Waals surface area contributed by atoms with Crippen molar-refractivity contribution < 1.29 is 19.5 Å². The Morgan fingerprint density at radius 3 is 2.55 bits per heavy atom. The molecule has 0 amide bonds. The monoisotopic (exact) mass is 480 g/mol. The maximum Gasteiger partial charge on any atom is 0.337 e. The minimum absolute atomic E-state index is 0.0224. The van der Waals surface area contributed by atoms with Crippen molar-refractivity contribution in [2.24, 2.45) is 5.92 Å². The first-order valence-electron chi connectivity index (χ1n) is 10.9. The lowest BCUT2D eigenvalue weighted by atomic mass is 9.90. The van der Waals surface area contributed by atoms with Gasteiger partial charge >= 0.3 is 5.97 Å². The van der Waals surface area contributed by atoms with Crippen LogP contribution in [0.25, 0.3) is 0 Å². The number of benzene rings is 1. The first-order chi connectivity index (χ1) is 15.9. The molecule has 170 valence electrons. The minimum atomic E-state index is -1.01. The minimum Gasteiger partial charge on any atom is -0.478 e. The maximum atomic E-state index is 13.0. The number of carbonyl (C=O) groups excluding carboxylic acids is 2. The van der Waals surface area contributed by atoms with E-state index in [0.717, 1.165) is 41.0 Å². The fourth-order valence-corrected chi connectivity index (χ4v) is 5.96. The largest absolute Gasteiger partial charge is 0.478 e. The highest BCUT2D eigenvalue weighted by molar-refractivity contribution is 8.01. The number of rotatable bonds is 9. The summed E-state index contributed by atoms with van der Waals surface area (Å²) in [5, 5.41) is 10.3. The van der Waals surface area contributed by atoms with Gasteiger partial charge in [0.2, 0.25) is 0 Å². The number of ketones is 2. The van der Waals surface area contributed by atoms with E-state index in [4.69, 9.17) is 5.11 Å². The number of hydrogen-bond acceptors (Lipinski definition) is 7. The van der Waals surface area contributed by atoms with Gasteiger partial charge in [-0.1, -0.05) is 42.3 Å². The van der Waals surface area contributed by atoms with Gasteiger partial charge in [-0.05, 0) is 43.5 Å². The topological polar surface area (TPSA) is 97.2 Å². The molecule has 33 heavy (non-hydrogen) atoms. The molecule has 0 atom stereocenters. The number of nitrogens with zero attached hydrogens (tertiary/aromatic N) is 2. The van der Waals surface area contributed by atoms with Gasteiger partial charge < -0.3 is 5.11 Å². The van der Waals surface area contributed by atoms with Crippen molar-refractivity contribution in [3.63, 3.8) is 0 Å². The van der Waals surface area contributed by atoms with Gasteiger partial charge in [0.05, 0.1) is 22.4 Å². The van der Waals surface area contributed by atoms with Crippen molar-refractivity contribution in [1.82, 2.24) is 9.97 Å². The zero-order chi connectivity index (χ0) is 23.4. The number of carbonyl (C=O) groups is 3. The van der Waals surface area contributed by atoms with E-state index in [1.54, 1.807) is 12.3 Å². The average Bonchev–Trinajstić information content (AvgIpc) is 3.47. The first-order valence-corrected chi connectivity index (χ1v) is 12.5. The number of aryl methyl sites for hydroxylation is 1. The van der Waals surface area contributed by atoms with Crippen LogP contribution in [0.15, 0.2) is 52.0 Å². The Balaban J connectivity index is 1.40. The molecule has 6 nitrogen and oxygen atoms in total. The van der Waals surface area contributed by atoms with Crippen molar-refractivity contribution in [2.45, 2.75) is 54.7 Å². The SMILES string of the molecule is Cc1ccc(CC(=O)Cc2ncc(Sc3ccc(C(=O)O)cn3)s2)c(C(=O)C2CCCC2)c1. The molecular formula is C25H24N2O4S2. The van der Waals surface area contributed by atoms with Crippen LogP contribution < -0.4 is 0 Å². The molecule has 1 fully saturated rings. The van der Waals surface area contributed by atoms with Crippen LogP contribution in [0, 0.1) is 12.8 Å². The van der Waals surface area contributed by atoms with E-state index in [9.17, 15) is 14.4 Å². The Labute approximate surface area is 200 Å². The summed E-state index contributed by atoms with van der Waals surface area (Å²) in [6.07, 6.45) is 7.52. The molecule has 0 radical (unpaired) electrons. The molecule has 8 heteroatoms. The first kappa shape index (κ1) is 23.3. The van der Waals surface area contributed by atoms with Gasteiger partial charge in [0.1, 0.15) is 15.8 Å². The fourth-order valence-electron chi connectivity index (χ4n) is 4.02. The Hall–Kier alpha value is -2.84. The van der Waals surface area contributed by atoms with E-state index in [1.165, 1.54) is 35.4 Å². The van der Waals surface area contributed by atoms with Gasteiger partial charge in [0.15, 0.2) is 5.78 Å². The molecule has 1 aliphatic carbocycles. The number of thiazole rings is 1. The summed E-state index contributed by atoms with van der Waals surface area (Å²) in [4.78, 5) is 45.3. The van der Waals surface area contributed by atoms with Crippen molar-refractivity contribution >= 4 is 40.6 Å². The molecule has 2 heterocycles. The molecule has 1 saturated carbocycles. The number of aromatic carboxylic acids is 1. The lowest BCUT2D eigenvalue weighted by molar-refractivity contribution is -0.117. The van der Waals surface area contributed by atoms with E-state index >= 15 is 0 Å². The highest BCUT2D eigenvalue weighted by atomic mass is 32.2. The second kappa shape index (κ2) is 10.4. The van der Waals surface area contributed by atoms with Gasteiger partial charge in [-0.3, -0.25) is 9.59 Å². The molecule has 0 bridgehead atoms. The second-order valence-electron chi connectivity index (χ2n) is 8.26. The highest BCUT2D eigenvalue weighted by Gasteiger charge is 2.26. The van der Waals surface area contributed by atoms with E-state index in [2.05, 4.69) is 9.97 Å². The van der Waals surface area contributed by atoms with Crippen LogP contribution in [0.2, 0.25) is 0 Å². The lowest BCUT2D eigenvalue weighted by Gasteiger charge is -2.13. The van der Waals surface area contributed by atoms with Crippen molar-refractivity contribution in [3.05, 3.63) is 70.0 Å². The Kier molecular flexibility index (Phi) is 7.35. The van der Waals surface area contributed by atoms with E-state index in [0.29, 0.717) is 15.6 Å². The summed E-state index contributed by atoms with van der Waals surface area (Å²) in [5.41, 5.74) is 2.66. The normalized spacial score (nSPS) is 13.8. The summed E-state index contributed by atoms with van der Waals surface area (Å²) >= 11 is 2.80. The molecule has 1 aliphatic rings. The third-order valence-electron chi connectivity index (χ3n) is 5.71. The summed E-state index contributed by atoms with van der Waals surface area (Å²) in [5.74, 6) is -0.737. The molecule has 0 aliphatic heterocycles. The molecule has 1 N–H and O–H groups in total. The van der Waals surface area contributed by atoms with Crippen LogP contribution >= 0.6 is 23.1 Å². The smallest absolute Gasteiger partial charge is 0.337 e. The zero-order valence-corrected chi connectivity index (χ0v) is 19.9. The molecule has 0 unspecified atom stereocenters. The quantitative estimate of drug-likeness (QED) is 0.408. The molecule has 4 rings (SSSR count). The number of pyridine rings is 1. The number of hydrogen-bond donors (Lipinski definition) is 1. The summed E-state index contributed by atoms with van der Waals surface area (Å²) in [6, 6.07) is 8.94. The van der Waals surface area contributed by atoms with Gasteiger partial charge in [-0.15, -0.1) is 11.3 Å². The number of carboxylic acids is 1. The number of carboxylic acid groups (broad SMARTS) is 1. The van der Waals surface area contributed by atoms with Crippen molar-refractivity contribution in [3.8, 4) is 0 Å². The molecule has 1 aromatic carbocycles. The van der Waals surface area contributed by atoms with E-state index in [1.807, 2.05) is 25.1 Å². The molecule has 2 aromatic heterocycles. The van der Waals surface area contributed by atoms with Crippen LogP contribution in [-0.2, 0) is 17.6 Å². The van der Waals surface area contributed by atoms with Gasteiger partial charge in [-0.2, -0.15) is 0 Å². The molecular weight excluding hydrogens is 456 g/mol.